The van der Waals surface area contributed by atoms with Crippen LogP contribution in [-0.2, 0) is 9.53 Å². The Labute approximate surface area is 91.8 Å². The Morgan fingerprint density at radius 1 is 1.53 bits per heavy atom. The van der Waals surface area contributed by atoms with E-state index in [1.807, 2.05) is 0 Å². The van der Waals surface area contributed by atoms with Crippen molar-refractivity contribution >= 4 is 5.97 Å². The van der Waals surface area contributed by atoms with Crippen LogP contribution in [0.5, 0.6) is 0 Å². The van der Waals surface area contributed by atoms with E-state index in [4.69, 9.17) is 10.5 Å². The molecule has 0 aromatic heterocycles. The van der Waals surface area contributed by atoms with Gasteiger partial charge in [-0.25, -0.2) is 0 Å². The first-order chi connectivity index (χ1) is 7.17. The molecule has 0 aromatic rings. The summed E-state index contributed by atoms with van der Waals surface area (Å²) in [6.07, 6.45) is 3.23. The maximum absolute atomic E-state index is 11.4. The summed E-state index contributed by atoms with van der Waals surface area (Å²) < 4.78 is 4.74. The minimum atomic E-state index is -0.156. The van der Waals surface area contributed by atoms with Crippen molar-refractivity contribution in [2.24, 2.45) is 17.6 Å². The molecule has 0 aliphatic carbocycles. The third-order valence-electron chi connectivity index (χ3n) is 3.28. The van der Waals surface area contributed by atoms with Gasteiger partial charge in [0.05, 0.1) is 13.0 Å². The molecule has 0 amide bonds. The van der Waals surface area contributed by atoms with E-state index < -0.39 is 0 Å². The van der Waals surface area contributed by atoms with Gasteiger partial charge >= 0.3 is 5.97 Å². The first-order valence-electron chi connectivity index (χ1n) is 5.63. The Bertz CT molecular complexity index is 201. The minimum Gasteiger partial charge on any atom is -0.469 e. The minimum absolute atomic E-state index is 0.108. The molecule has 1 unspecified atom stereocenters. The number of hydrogen-bond donors (Lipinski definition) is 1. The second-order valence-corrected chi connectivity index (χ2v) is 4.44. The third-order valence-corrected chi connectivity index (χ3v) is 3.28. The molecule has 0 bridgehead atoms. The molecule has 1 aliphatic rings. The predicted molar refractivity (Wildman–Crippen MR) is 59.4 cm³/mol. The maximum atomic E-state index is 11.4. The summed E-state index contributed by atoms with van der Waals surface area (Å²) in [6, 6.07) is 0. The Kier molecular flexibility index (Phi) is 5.05. The molecular formula is C11H22N2O2. The molecule has 0 saturated carbocycles. The monoisotopic (exact) mass is 214 g/mol. The quantitative estimate of drug-likeness (QED) is 0.691. The lowest BCUT2D eigenvalue weighted by Crippen LogP contribution is -2.34. The fraction of sp³-hybridized carbons (Fsp3) is 0.909. The van der Waals surface area contributed by atoms with Crippen LogP contribution in [0.15, 0.2) is 0 Å². The molecule has 1 atom stereocenters. The number of carbonyl (C=O) groups excluding carboxylic acids is 1. The zero-order valence-corrected chi connectivity index (χ0v) is 9.74. The van der Waals surface area contributed by atoms with Crippen molar-refractivity contribution in [3.05, 3.63) is 0 Å². The number of hydrogen-bond acceptors (Lipinski definition) is 4. The van der Waals surface area contributed by atoms with Crippen molar-refractivity contribution in [2.75, 3.05) is 33.8 Å². The van der Waals surface area contributed by atoms with Crippen LogP contribution in [0.25, 0.3) is 0 Å². The summed E-state index contributed by atoms with van der Waals surface area (Å²) in [7, 11) is 3.57. The topological polar surface area (TPSA) is 55.6 Å². The average molecular weight is 214 g/mol. The number of nitrogens with zero attached hydrogens (tertiary/aromatic N) is 1. The molecule has 0 spiro atoms. The predicted octanol–water partition coefficient (Wildman–Crippen LogP) is 0.466. The van der Waals surface area contributed by atoms with Gasteiger partial charge in [0, 0.05) is 6.54 Å². The summed E-state index contributed by atoms with van der Waals surface area (Å²) in [5.41, 5.74) is 5.58. The number of nitrogens with two attached hydrogens (primary N) is 1. The Hall–Kier alpha value is -0.610. The Morgan fingerprint density at radius 3 is 2.60 bits per heavy atom. The van der Waals surface area contributed by atoms with Crippen LogP contribution in [0.3, 0.4) is 0 Å². The van der Waals surface area contributed by atoms with Crippen molar-refractivity contribution in [3.63, 3.8) is 0 Å². The molecule has 0 aromatic carbocycles. The van der Waals surface area contributed by atoms with E-state index in [0.29, 0.717) is 12.5 Å². The molecule has 1 fully saturated rings. The second-order valence-electron chi connectivity index (χ2n) is 4.44. The molecule has 4 nitrogen and oxygen atoms in total. The molecule has 2 N–H and O–H groups in total. The molecule has 1 heterocycles. The molecule has 0 radical (unpaired) electrons. The molecule has 15 heavy (non-hydrogen) atoms. The van der Waals surface area contributed by atoms with Crippen molar-refractivity contribution in [2.45, 2.75) is 19.3 Å². The maximum Gasteiger partial charge on any atom is 0.309 e. The van der Waals surface area contributed by atoms with E-state index in [-0.39, 0.29) is 11.9 Å². The normalized spacial score (nSPS) is 21.3. The lowest BCUT2D eigenvalue weighted by Gasteiger charge is -2.30. The molecule has 4 heteroatoms. The first-order valence-corrected chi connectivity index (χ1v) is 5.63. The smallest absolute Gasteiger partial charge is 0.309 e. The van der Waals surface area contributed by atoms with Crippen molar-refractivity contribution in [3.8, 4) is 0 Å². The van der Waals surface area contributed by atoms with E-state index in [1.54, 1.807) is 0 Å². The van der Waals surface area contributed by atoms with Crippen LogP contribution in [0.1, 0.15) is 19.3 Å². The van der Waals surface area contributed by atoms with Crippen LogP contribution in [-0.4, -0.2) is 44.7 Å². The number of rotatable bonds is 4. The lowest BCUT2D eigenvalue weighted by molar-refractivity contribution is -0.145. The van der Waals surface area contributed by atoms with Crippen LogP contribution in [0.4, 0.5) is 0 Å². The Balaban J connectivity index is 2.35. The molecule has 1 rings (SSSR count). The van der Waals surface area contributed by atoms with Crippen molar-refractivity contribution in [1.29, 1.82) is 0 Å². The van der Waals surface area contributed by atoms with Gasteiger partial charge in [0.2, 0.25) is 0 Å². The number of likely N-dealkylation sites (tertiary alicyclic amines) is 1. The highest BCUT2D eigenvalue weighted by Crippen LogP contribution is 2.23. The van der Waals surface area contributed by atoms with Gasteiger partial charge < -0.3 is 15.4 Å². The van der Waals surface area contributed by atoms with Crippen LogP contribution >= 0.6 is 0 Å². The zero-order chi connectivity index (χ0) is 11.3. The van der Waals surface area contributed by atoms with Gasteiger partial charge in [0.25, 0.3) is 0 Å². The Morgan fingerprint density at radius 2 is 2.13 bits per heavy atom. The van der Waals surface area contributed by atoms with E-state index in [9.17, 15) is 4.79 Å². The summed E-state index contributed by atoms with van der Waals surface area (Å²) >= 11 is 0. The fourth-order valence-electron chi connectivity index (χ4n) is 2.16. The van der Waals surface area contributed by atoms with Gasteiger partial charge in [-0.15, -0.1) is 0 Å². The largest absolute Gasteiger partial charge is 0.469 e. The van der Waals surface area contributed by atoms with Gasteiger partial charge in [0.15, 0.2) is 0 Å². The molecule has 88 valence electrons. The second kappa shape index (κ2) is 6.08. The SMILES string of the molecule is COC(=O)C(CN)CC1CCN(C)CC1. The number of piperidine rings is 1. The van der Waals surface area contributed by atoms with Crippen molar-refractivity contribution < 1.29 is 9.53 Å². The van der Waals surface area contributed by atoms with Gasteiger partial charge in [-0.05, 0) is 45.3 Å². The van der Waals surface area contributed by atoms with E-state index in [0.717, 1.165) is 19.5 Å². The van der Waals surface area contributed by atoms with Gasteiger partial charge in [0.1, 0.15) is 0 Å². The highest BCUT2D eigenvalue weighted by Gasteiger charge is 2.24. The summed E-state index contributed by atoms with van der Waals surface area (Å²) in [6.45, 7) is 2.66. The first kappa shape index (κ1) is 12.5. The summed E-state index contributed by atoms with van der Waals surface area (Å²) in [5, 5.41) is 0. The molecule has 1 saturated heterocycles. The van der Waals surface area contributed by atoms with Gasteiger partial charge in [-0.2, -0.15) is 0 Å². The lowest BCUT2D eigenvalue weighted by atomic mass is 9.87. The number of carbonyl (C=O) groups is 1. The van der Waals surface area contributed by atoms with Gasteiger partial charge in [-0.3, -0.25) is 4.79 Å². The number of ether oxygens (including phenoxy) is 1. The molecular weight excluding hydrogens is 192 g/mol. The highest BCUT2D eigenvalue weighted by atomic mass is 16.5. The van der Waals surface area contributed by atoms with E-state index in [1.165, 1.54) is 20.0 Å². The summed E-state index contributed by atoms with van der Waals surface area (Å²) in [5.74, 6) is 0.369. The van der Waals surface area contributed by atoms with Gasteiger partial charge in [-0.1, -0.05) is 0 Å². The van der Waals surface area contributed by atoms with E-state index in [2.05, 4.69) is 11.9 Å². The third kappa shape index (κ3) is 3.80. The standard InChI is InChI=1S/C11H22N2O2/c1-13-5-3-9(4-6-13)7-10(8-12)11(14)15-2/h9-10H,3-8,12H2,1-2H3. The fourth-order valence-corrected chi connectivity index (χ4v) is 2.16. The van der Waals surface area contributed by atoms with Crippen LogP contribution < -0.4 is 5.73 Å². The number of methoxy groups -OCH3 is 1. The van der Waals surface area contributed by atoms with Crippen molar-refractivity contribution in [1.82, 2.24) is 4.90 Å². The van der Waals surface area contributed by atoms with Crippen LogP contribution in [0, 0.1) is 11.8 Å². The highest BCUT2D eigenvalue weighted by molar-refractivity contribution is 5.72. The van der Waals surface area contributed by atoms with Crippen LogP contribution in [0.2, 0.25) is 0 Å². The average Bonchev–Trinajstić information content (AvgIpc) is 2.27. The summed E-state index contributed by atoms with van der Waals surface area (Å²) in [4.78, 5) is 13.7. The molecule has 1 aliphatic heterocycles. The van der Waals surface area contributed by atoms with E-state index >= 15 is 0 Å². The number of esters is 1. The zero-order valence-electron chi connectivity index (χ0n) is 9.74.